The minimum Gasteiger partial charge on any atom is -0.391 e. The molecule has 1 aliphatic rings. The number of halogens is 4. The van der Waals surface area contributed by atoms with Gasteiger partial charge in [-0.15, -0.1) is 0 Å². The van der Waals surface area contributed by atoms with E-state index in [1.54, 1.807) is 0 Å². The van der Waals surface area contributed by atoms with E-state index in [1.165, 1.54) is 28.2 Å². The fourth-order valence-electron chi connectivity index (χ4n) is 2.00. The van der Waals surface area contributed by atoms with E-state index in [0.29, 0.717) is 12.1 Å². The average Bonchev–Trinajstić information content (AvgIpc) is 2.82. The summed E-state index contributed by atoms with van der Waals surface area (Å²) in [6.45, 7) is 33.4. The molecule has 0 N–H and O–H groups in total. The van der Waals surface area contributed by atoms with Gasteiger partial charge < -0.3 is 40.2 Å². The fraction of sp³-hybridized carbons (Fsp3) is 0.579. The number of nitrogens with zero attached hydrogens (tertiary/aromatic N) is 1. The maximum Gasteiger partial charge on any atom is 0.564 e. The molecule has 1 radical (unpaired) electrons. The molecule has 0 aromatic carbocycles. The molecule has 0 heterocycles. The molecule has 173 valence electrons. The van der Waals surface area contributed by atoms with Crippen molar-refractivity contribution in [2.45, 2.75) is 74.4 Å². The normalized spacial score (nSPS) is 12.6. The second-order valence-electron chi connectivity index (χ2n) is 6.32. The molecular formula is C19H32AlCl4NO3PW. The maximum atomic E-state index is 7.50. The first-order valence-corrected chi connectivity index (χ1v) is 16.0. The van der Waals surface area contributed by atoms with Crippen LogP contribution >= 0.6 is 49.6 Å². The predicted octanol–water partition coefficient (Wildman–Crippen LogP) is 7.16. The molecule has 0 saturated carbocycles. The van der Waals surface area contributed by atoms with Crippen molar-refractivity contribution in [1.82, 2.24) is 4.67 Å². The van der Waals surface area contributed by atoms with Crippen LogP contribution in [0.2, 0.25) is 0 Å². The third-order valence-corrected chi connectivity index (χ3v) is 5.60. The van der Waals surface area contributed by atoms with Gasteiger partial charge in [0.15, 0.2) is 0 Å². The van der Waals surface area contributed by atoms with E-state index in [2.05, 4.69) is 86.9 Å². The Balaban J connectivity index is -0.0000000651. The van der Waals surface area contributed by atoms with Crippen molar-refractivity contribution in [3.05, 3.63) is 48.2 Å². The third kappa shape index (κ3) is 27.5. The van der Waals surface area contributed by atoms with Crippen LogP contribution in [0.3, 0.4) is 0 Å². The summed E-state index contributed by atoms with van der Waals surface area (Å²) in [5, 5.41) is 0. The Morgan fingerprint density at radius 3 is 0.867 bits per heavy atom. The van der Waals surface area contributed by atoms with Crippen LogP contribution in [0.5, 0.6) is 0 Å². The molecule has 1 rings (SSSR count). The van der Waals surface area contributed by atoms with Gasteiger partial charge in [0.2, 0.25) is 0 Å². The topological polar surface area (TPSA) is 62.9 Å². The van der Waals surface area contributed by atoms with Gasteiger partial charge in [-0.25, -0.2) is 0 Å². The molecule has 30 heavy (non-hydrogen) atoms. The second kappa shape index (κ2) is 26.7. The summed E-state index contributed by atoms with van der Waals surface area (Å²) in [5.41, 5.74) is 5.87. The van der Waals surface area contributed by atoms with E-state index in [1.807, 2.05) is 9.39 Å². The SMILES string of the molecule is CC(C)N([PH3+])C(C)C.C[C]1C(C)=C(C)C(C)=C1C.[C-]#[O+].[C-]#[O+].[C-]#[O+].[Cl][Al-]([Cl])([Cl])[Cl].[W]. The van der Waals surface area contributed by atoms with Crippen LogP contribution in [0.25, 0.3) is 0 Å². The zero-order chi connectivity index (χ0) is 25.1. The van der Waals surface area contributed by atoms with E-state index in [9.17, 15) is 0 Å². The Morgan fingerprint density at radius 2 is 0.833 bits per heavy atom. The van der Waals surface area contributed by atoms with E-state index >= 15 is 0 Å². The molecule has 4 nitrogen and oxygen atoms in total. The number of hydrogen-bond donors (Lipinski definition) is 0. The van der Waals surface area contributed by atoms with Gasteiger partial charge in [0.05, 0.1) is 0 Å². The van der Waals surface area contributed by atoms with E-state index in [4.69, 9.17) is 54.2 Å². The zero-order valence-corrected chi connectivity index (χ0v) is 27.6. The van der Waals surface area contributed by atoms with Gasteiger partial charge in [0.25, 0.3) is 0 Å². The van der Waals surface area contributed by atoms with Crippen LogP contribution in [0.15, 0.2) is 22.3 Å². The van der Waals surface area contributed by atoms with Crippen molar-refractivity contribution in [2.24, 2.45) is 0 Å². The van der Waals surface area contributed by atoms with Gasteiger partial charge in [0, 0.05) is 48.5 Å². The quantitative estimate of drug-likeness (QED) is 0.130. The third-order valence-electron chi connectivity index (χ3n) is 4.14. The Bertz CT molecular complexity index is 508. The molecule has 0 fully saturated rings. The molecule has 1 atom stereocenters. The zero-order valence-electron chi connectivity index (χ0n) is 19.0. The molecule has 0 amide bonds. The molecule has 1 unspecified atom stereocenters. The fourth-order valence-corrected chi connectivity index (χ4v) is 2.00. The van der Waals surface area contributed by atoms with Crippen LogP contribution < -0.4 is 0 Å². The molecule has 1 aliphatic carbocycles. The van der Waals surface area contributed by atoms with Crippen molar-refractivity contribution in [2.75, 3.05) is 0 Å². The van der Waals surface area contributed by atoms with Gasteiger partial charge in [-0.2, -0.15) is 4.67 Å². The summed E-state index contributed by atoms with van der Waals surface area (Å²) < 4.78 is 24.9. The predicted molar refractivity (Wildman–Crippen MR) is 130 cm³/mol. The van der Waals surface area contributed by atoms with Crippen LogP contribution in [-0.2, 0) is 35.0 Å². The van der Waals surface area contributed by atoms with Gasteiger partial charge in [-0.1, -0.05) is 18.1 Å². The second-order valence-corrected chi connectivity index (χ2v) is 19.9. The van der Waals surface area contributed by atoms with Gasteiger partial charge in [-0.3, -0.25) is 0 Å². The van der Waals surface area contributed by atoms with Crippen molar-refractivity contribution in [3.8, 4) is 0 Å². The number of rotatable bonds is 2. The first kappa shape index (κ1) is 45.0. The summed E-state index contributed by atoms with van der Waals surface area (Å²) in [4.78, 5) is 0. The van der Waals surface area contributed by atoms with Crippen molar-refractivity contribution in [1.29, 1.82) is 0 Å². The minimum atomic E-state index is -2.94. The molecule has 0 spiro atoms. The van der Waals surface area contributed by atoms with Crippen LogP contribution in [0, 0.1) is 25.9 Å². The molecule has 0 bridgehead atoms. The Morgan fingerprint density at radius 1 is 0.667 bits per heavy atom. The average molecular weight is 706 g/mol. The van der Waals surface area contributed by atoms with Crippen LogP contribution in [0.4, 0.5) is 0 Å². The Labute approximate surface area is 219 Å². The maximum absolute atomic E-state index is 7.50. The molecular weight excluding hydrogens is 674 g/mol. The minimum absolute atomic E-state index is 0. The largest absolute Gasteiger partial charge is 0.564 e. The Hall–Kier alpha value is 1.47. The summed E-state index contributed by atoms with van der Waals surface area (Å²) in [6, 6.07) is 1.38. The van der Waals surface area contributed by atoms with Crippen molar-refractivity contribution < 1.29 is 35.0 Å². The van der Waals surface area contributed by atoms with Crippen molar-refractivity contribution >= 4 is 59.0 Å². The smallest absolute Gasteiger partial charge is 0.391 e. The number of allylic oxidation sites excluding steroid dienone is 4. The first-order valence-electron chi connectivity index (χ1n) is 8.38. The van der Waals surface area contributed by atoms with Gasteiger partial charge in [0.1, 0.15) is 0 Å². The molecule has 0 aliphatic heterocycles. The molecule has 0 aromatic heterocycles. The van der Waals surface area contributed by atoms with Crippen LogP contribution in [0.1, 0.15) is 62.3 Å². The summed E-state index contributed by atoms with van der Waals surface area (Å²) in [6.07, 6.45) is 0. The summed E-state index contributed by atoms with van der Waals surface area (Å²) in [7, 11) is 19.0. The first-order chi connectivity index (χ1) is 13.1. The molecule has 0 aromatic rings. The van der Waals surface area contributed by atoms with Gasteiger partial charge in [-0.05, 0) is 66.5 Å². The van der Waals surface area contributed by atoms with E-state index in [0.717, 1.165) is 0 Å². The summed E-state index contributed by atoms with van der Waals surface area (Å²) >= 11 is 0. The monoisotopic (exact) mass is 704 g/mol. The molecule has 11 heteroatoms. The van der Waals surface area contributed by atoms with E-state index < -0.39 is 9.39 Å². The van der Waals surface area contributed by atoms with E-state index in [-0.39, 0.29) is 21.1 Å². The van der Waals surface area contributed by atoms with Crippen molar-refractivity contribution in [3.63, 3.8) is 0 Å². The number of hydrogen-bond acceptors (Lipinski definition) is 1. The van der Waals surface area contributed by atoms with Crippen LogP contribution in [-0.4, -0.2) is 26.1 Å². The summed E-state index contributed by atoms with van der Waals surface area (Å²) in [5.74, 6) is 1.47. The standard InChI is InChI=1S/C10H15.C6H16NP.3CO.Al.4ClH.W/c1-6-7(2)9(4)10(5)8(6)3;1-5(2)7(8)6(3)4;3*1-2;;;;;;/h1-5H3;5-6H,8H2,1-4H3;;;;;4*1H;/q;;;;;+3;;;;;/p-3. The Kier molecular flexibility index (Phi) is 40.1. The van der Waals surface area contributed by atoms with Gasteiger partial charge >= 0.3 is 43.3 Å². The molecule has 0 saturated heterocycles.